The van der Waals surface area contributed by atoms with Crippen molar-refractivity contribution in [1.29, 1.82) is 0 Å². The minimum absolute atomic E-state index is 0.164. The van der Waals surface area contributed by atoms with Gasteiger partial charge in [-0.3, -0.25) is 4.72 Å². The van der Waals surface area contributed by atoms with E-state index in [1.54, 1.807) is 25.3 Å². The predicted molar refractivity (Wildman–Crippen MR) is 82.4 cm³/mol. The number of aromatic nitrogens is 1. The molecule has 0 fully saturated rings. The largest absolute Gasteiger partial charge is 0.496 e. The summed E-state index contributed by atoms with van der Waals surface area (Å²) in [7, 11) is -2.14. The Balaban J connectivity index is 2.33. The molecule has 1 heterocycles. The number of rotatable bonds is 5. The maximum atomic E-state index is 12.3. The van der Waals surface area contributed by atoms with Gasteiger partial charge in [0.2, 0.25) is 0 Å². The van der Waals surface area contributed by atoms with Crippen molar-refractivity contribution in [1.82, 2.24) is 4.98 Å². The number of pyridine rings is 1. The molecule has 0 saturated heterocycles. The Morgan fingerprint density at radius 3 is 2.62 bits per heavy atom. The van der Waals surface area contributed by atoms with E-state index in [-0.39, 0.29) is 10.7 Å². The maximum Gasteiger partial charge on any atom is 0.263 e. The molecule has 0 saturated carbocycles. The summed E-state index contributed by atoms with van der Waals surface area (Å²) in [4.78, 5) is 4.08. The van der Waals surface area contributed by atoms with Gasteiger partial charge in [0.25, 0.3) is 10.0 Å². The monoisotopic (exact) mass is 326 g/mol. The average Bonchev–Trinajstić information content (AvgIpc) is 2.48. The summed E-state index contributed by atoms with van der Waals surface area (Å²) >= 11 is 5.72. The lowest BCUT2D eigenvalue weighted by Crippen LogP contribution is -2.14. The maximum absolute atomic E-state index is 12.3. The molecular weight excluding hydrogens is 312 g/mol. The van der Waals surface area contributed by atoms with Crippen molar-refractivity contribution in [2.75, 3.05) is 11.8 Å². The lowest BCUT2D eigenvalue weighted by molar-refractivity contribution is 0.409. The van der Waals surface area contributed by atoms with Crippen molar-refractivity contribution >= 4 is 27.4 Å². The van der Waals surface area contributed by atoms with E-state index in [1.165, 1.54) is 18.3 Å². The highest BCUT2D eigenvalue weighted by atomic mass is 35.5. The number of methoxy groups -OCH3 is 1. The number of anilines is 1. The third-order valence-electron chi connectivity index (χ3n) is 2.91. The normalized spacial score (nSPS) is 11.2. The first-order valence-corrected chi connectivity index (χ1v) is 8.13. The van der Waals surface area contributed by atoms with Gasteiger partial charge in [-0.2, -0.15) is 0 Å². The molecule has 1 N–H and O–H groups in total. The summed E-state index contributed by atoms with van der Waals surface area (Å²) in [6, 6.07) is 7.80. The number of hydrogen-bond donors (Lipinski definition) is 1. The van der Waals surface area contributed by atoms with Gasteiger partial charge in [0.05, 0.1) is 17.0 Å². The van der Waals surface area contributed by atoms with E-state index in [0.29, 0.717) is 17.2 Å². The van der Waals surface area contributed by atoms with Crippen molar-refractivity contribution in [3.63, 3.8) is 0 Å². The Morgan fingerprint density at radius 2 is 2.05 bits per heavy atom. The van der Waals surface area contributed by atoms with Crippen LogP contribution in [0.25, 0.3) is 0 Å². The van der Waals surface area contributed by atoms with Crippen LogP contribution in [-0.2, 0) is 16.4 Å². The lowest BCUT2D eigenvalue weighted by Gasteiger charge is -2.11. The van der Waals surface area contributed by atoms with Crippen molar-refractivity contribution in [2.24, 2.45) is 0 Å². The Kier molecular flexibility index (Phi) is 4.69. The van der Waals surface area contributed by atoms with Crippen LogP contribution in [0.1, 0.15) is 12.5 Å². The minimum atomic E-state index is -3.69. The highest BCUT2D eigenvalue weighted by Crippen LogP contribution is 2.24. The molecule has 7 heteroatoms. The molecule has 0 spiro atoms. The fourth-order valence-corrected chi connectivity index (χ4v) is 3.00. The molecule has 0 aliphatic carbocycles. The van der Waals surface area contributed by atoms with Gasteiger partial charge in [-0.05, 0) is 42.3 Å². The molecule has 0 bridgehead atoms. The number of nitrogens with one attached hydrogen (secondary N) is 1. The Labute approximate surface area is 129 Å². The first-order valence-electron chi connectivity index (χ1n) is 6.27. The molecule has 2 rings (SSSR count). The molecule has 0 unspecified atom stereocenters. The average molecular weight is 327 g/mol. The van der Waals surface area contributed by atoms with Crippen molar-refractivity contribution in [3.8, 4) is 5.75 Å². The number of nitrogens with zero attached hydrogens (tertiary/aromatic N) is 1. The molecule has 2 aromatic rings. The number of benzene rings is 1. The van der Waals surface area contributed by atoms with Gasteiger partial charge in [0, 0.05) is 6.20 Å². The molecular formula is C14H15ClN2O3S. The van der Waals surface area contributed by atoms with Crippen LogP contribution < -0.4 is 9.46 Å². The second-order valence-corrected chi connectivity index (χ2v) is 6.41. The van der Waals surface area contributed by atoms with Crippen LogP contribution in [0, 0.1) is 0 Å². The van der Waals surface area contributed by atoms with Crippen LogP contribution in [0.2, 0.25) is 5.02 Å². The highest BCUT2D eigenvalue weighted by Gasteiger charge is 2.16. The SMILES string of the molecule is CCc1cc(S(=O)(=O)Nc2ccc(Cl)cn2)ccc1OC. The zero-order chi connectivity index (χ0) is 15.5. The number of halogens is 1. The fourth-order valence-electron chi connectivity index (χ4n) is 1.83. The number of hydrogen-bond acceptors (Lipinski definition) is 4. The van der Waals surface area contributed by atoms with Crippen LogP contribution in [0.15, 0.2) is 41.4 Å². The summed E-state index contributed by atoms with van der Waals surface area (Å²) in [5.41, 5.74) is 0.824. The van der Waals surface area contributed by atoms with Crippen molar-refractivity contribution in [2.45, 2.75) is 18.2 Å². The second-order valence-electron chi connectivity index (χ2n) is 4.29. The van der Waals surface area contributed by atoms with Gasteiger partial charge in [0.15, 0.2) is 0 Å². The summed E-state index contributed by atoms with van der Waals surface area (Å²) in [6.07, 6.45) is 2.05. The zero-order valence-electron chi connectivity index (χ0n) is 11.6. The molecule has 1 aromatic carbocycles. The van der Waals surface area contributed by atoms with Gasteiger partial charge in [-0.1, -0.05) is 18.5 Å². The quantitative estimate of drug-likeness (QED) is 0.916. The van der Waals surface area contributed by atoms with E-state index in [9.17, 15) is 8.42 Å². The smallest absolute Gasteiger partial charge is 0.263 e. The van der Waals surface area contributed by atoms with Crippen molar-refractivity contribution < 1.29 is 13.2 Å². The first kappa shape index (κ1) is 15.6. The molecule has 0 aliphatic rings. The van der Waals surface area contributed by atoms with Crippen molar-refractivity contribution in [3.05, 3.63) is 47.1 Å². The molecule has 5 nitrogen and oxygen atoms in total. The van der Waals surface area contributed by atoms with Crippen LogP contribution in [0.3, 0.4) is 0 Å². The third-order valence-corrected chi connectivity index (χ3v) is 4.49. The zero-order valence-corrected chi connectivity index (χ0v) is 13.2. The second kappa shape index (κ2) is 6.32. The fraction of sp³-hybridized carbons (Fsp3) is 0.214. The summed E-state index contributed by atoms with van der Waals surface area (Å²) in [5, 5.41) is 0.440. The van der Waals surface area contributed by atoms with Gasteiger partial charge >= 0.3 is 0 Å². The standard InChI is InChI=1S/C14H15ClN2O3S/c1-3-10-8-12(5-6-13(10)20-2)21(18,19)17-14-7-4-11(15)9-16-14/h4-9H,3H2,1-2H3,(H,16,17). The van der Waals surface area contributed by atoms with Gasteiger partial charge in [-0.15, -0.1) is 0 Å². The molecule has 0 radical (unpaired) electrons. The molecule has 0 aliphatic heterocycles. The van der Waals surface area contributed by atoms with E-state index in [1.807, 2.05) is 6.92 Å². The van der Waals surface area contributed by atoms with Crippen LogP contribution >= 0.6 is 11.6 Å². The van der Waals surface area contributed by atoms with Gasteiger partial charge < -0.3 is 4.74 Å². The van der Waals surface area contributed by atoms with E-state index < -0.39 is 10.0 Å². The molecule has 1 aromatic heterocycles. The summed E-state index contributed by atoms with van der Waals surface area (Å²) in [6.45, 7) is 1.93. The number of aryl methyl sites for hydroxylation is 1. The molecule has 112 valence electrons. The lowest BCUT2D eigenvalue weighted by atomic mass is 10.1. The van der Waals surface area contributed by atoms with Gasteiger partial charge in [0.1, 0.15) is 11.6 Å². The molecule has 0 atom stereocenters. The summed E-state index contributed by atoms with van der Waals surface area (Å²) in [5.74, 6) is 0.884. The van der Waals surface area contributed by atoms with E-state index in [0.717, 1.165) is 5.56 Å². The van der Waals surface area contributed by atoms with E-state index in [2.05, 4.69) is 9.71 Å². The highest BCUT2D eigenvalue weighted by molar-refractivity contribution is 7.92. The van der Waals surface area contributed by atoms with Gasteiger partial charge in [-0.25, -0.2) is 13.4 Å². The predicted octanol–water partition coefficient (Wildman–Crippen LogP) is 3.11. The number of sulfonamides is 1. The van der Waals surface area contributed by atoms with Crippen LogP contribution in [-0.4, -0.2) is 20.5 Å². The topological polar surface area (TPSA) is 68.3 Å². The Morgan fingerprint density at radius 1 is 1.29 bits per heavy atom. The molecule has 0 amide bonds. The Bertz CT molecular complexity index is 730. The first-order chi connectivity index (χ1) is 9.96. The Hall–Kier alpha value is -1.79. The third kappa shape index (κ3) is 3.65. The van der Waals surface area contributed by atoms with E-state index in [4.69, 9.17) is 16.3 Å². The van der Waals surface area contributed by atoms with Crippen LogP contribution in [0.5, 0.6) is 5.75 Å². The summed E-state index contributed by atoms with van der Waals surface area (Å²) < 4.78 is 32.3. The van der Waals surface area contributed by atoms with E-state index >= 15 is 0 Å². The molecule has 21 heavy (non-hydrogen) atoms. The number of ether oxygens (including phenoxy) is 1. The minimum Gasteiger partial charge on any atom is -0.496 e. The van der Waals surface area contributed by atoms with Crippen LogP contribution in [0.4, 0.5) is 5.82 Å².